The maximum atomic E-state index is 10.1. The van der Waals surface area contributed by atoms with Gasteiger partial charge >= 0.3 is 0 Å². The minimum Gasteiger partial charge on any atom is -0.393 e. The lowest BCUT2D eigenvalue weighted by molar-refractivity contribution is 0.116. The molecule has 456 valence electrons. The summed E-state index contributed by atoms with van der Waals surface area (Å²) in [4.78, 5) is 0. The van der Waals surface area contributed by atoms with Crippen LogP contribution in [0.15, 0.2) is 260 Å². The molecule has 0 aromatic rings. The molecule has 0 amide bonds. The molecule has 4 rings (SSSR count). The Morgan fingerprint density at radius 3 is 0.869 bits per heavy atom. The van der Waals surface area contributed by atoms with Gasteiger partial charge in [-0.2, -0.15) is 0 Å². The summed E-state index contributed by atoms with van der Waals surface area (Å²) >= 11 is 0. The third kappa shape index (κ3) is 26.2. The van der Waals surface area contributed by atoms with Crippen LogP contribution in [0.25, 0.3) is 0 Å². The quantitative estimate of drug-likeness (QED) is 0.0723. The van der Waals surface area contributed by atoms with Gasteiger partial charge in [-0.1, -0.05) is 298 Å². The summed E-state index contributed by atoms with van der Waals surface area (Å²) in [7, 11) is 0. The highest BCUT2D eigenvalue weighted by atomic mass is 16.3. The molecule has 0 bridgehead atoms. The van der Waals surface area contributed by atoms with Crippen LogP contribution in [0.1, 0.15) is 183 Å². The van der Waals surface area contributed by atoms with Crippen molar-refractivity contribution in [3.05, 3.63) is 260 Å². The zero-order chi connectivity index (χ0) is 63.0. The lowest BCUT2D eigenvalue weighted by atomic mass is 9.67. The van der Waals surface area contributed by atoms with E-state index >= 15 is 0 Å². The van der Waals surface area contributed by atoms with E-state index < -0.39 is 0 Å². The second-order valence-electron chi connectivity index (χ2n) is 27.4. The number of allylic oxidation sites excluding steroid dienone is 40. The maximum absolute atomic E-state index is 10.1. The highest BCUT2D eigenvalue weighted by molar-refractivity contribution is 5.42. The van der Waals surface area contributed by atoms with Crippen molar-refractivity contribution in [3.8, 4) is 0 Å². The lowest BCUT2D eigenvalue weighted by Crippen LogP contribution is -2.32. The van der Waals surface area contributed by atoms with E-state index in [0.29, 0.717) is 5.92 Å². The fourth-order valence-electron chi connectivity index (χ4n) is 12.3. The number of hydrogen-bond acceptors (Lipinski definition) is 4. The first-order valence-electron chi connectivity index (χ1n) is 30.9. The number of rotatable bonds is 20. The van der Waals surface area contributed by atoms with Crippen molar-refractivity contribution < 1.29 is 20.4 Å². The van der Waals surface area contributed by atoms with Crippen molar-refractivity contribution in [1.29, 1.82) is 0 Å². The van der Waals surface area contributed by atoms with E-state index in [1.165, 1.54) is 83.6 Å². The van der Waals surface area contributed by atoms with Gasteiger partial charge in [0.05, 0.1) is 24.4 Å². The normalized spacial score (nSPS) is 25.8. The van der Waals surface area contributed by atoms with Gasteiger partial charge in [-0.25, -0.2) is 0 Å². The predicted octanol–water partition coefficient (Wildman–Crippen LogP) is 21.0. The van der Waals surface area contributed by atoms with E-state index in [0.717, 1.165) is 44.9 Å². The summed E-state index contributed by atoms with van der Waals surface area (Å²) in [6, 6.07) is 0. The fourth-order valence-corrected chi connectivity index (χ4v) is 12.3. The molecule has 84 heavy (non-hydrogen) atoms. The van der Waals surface area contributed by atoms with Crippen LogP contribution >= 0.6 is 0 Å². The second kappa shape index (κ2) is 34.3. The number of hydrogen-bond donors (Lipinski definition) is 4. The molecule has 0 heterocycles. The van der Waals surface area contributed by atoms with E-state index in [1.807, 2.05) is 6.08 Å². The van der Waals surface area contributed by atoms with Crippen LogP contribution in [-0.2, 0) is 0 Å². The second-order valence-corrected chi connectivity index (χ2v) is 27.4. The first-order chi connectivity index (χ1) is 39.2. The third-order valence-corrected chi connectivity index (χ3v) is 16.6. The molecule has 0 aliphatic heterocycles. The van der Waals surface area contributed by atoms with E-state index in [2.05, 4.69) is 309 Å². The molecule has 0 aromatic heterocycles. The van der Waals surface area contributed by atoms with Crippen molar-refractivity contribution in [2.75, 3.05) is 0 Å². The van der Waals surface area contributed by atoms with Gasteiger partial charge in [-0.15, -0.1) is 0 Å². The molecule has 4 aliphatic carbocycles. The van der Waals surface area contributed by atoms with Gasteiger partial charge < -0.3 is 20.4 Å². The molecule has 5 atom stereocenters. The van der Waals surface area contributed by atoms with Crippen molar-refractivity contribution in [3.63, 3.8) is 0 Å². The Morgan fingerprint density at radius 1 is 0.357 bits per heavy atom. The molecule has 0 saturated heterocycles. The summed E-state index contributed by atoms with van der Waals surface area (Å²) in [6.45, 7) is 43.2. The molecule has 0 radical (unpaired) electrons. The molecule has 4 nitrogen and oxygen atoms in total. The number of aliphatic hydroxyl groups is 4. The molecule has 0 aromatic carbocycles. The largest absolute Gasteiger partial charge is 0.393 e. The standard InChI is InChI=1S/2C40H56O2/c2*1-29(17-13-19-31(3)21-23-37-33(5)25-35(41)27-39(37,7)8)15-11-12-16-30(2)18-14-20-32(4)22-24-38-34(6)26-36(42)28-40(38,9)10/h11-24,35-36,41-42H,25-28H2,1-10H3;11-25,35-37,41-42H,26-28H2,1-10H3/b2*12-11+,17-13+,18-14+,23-21+,24-22+,29-15+,30-16+,31-19+,32-20+. The molecule has 4 N–H and O–H groups in total. The summed E-state index contributed by atoms with van der Waals surface area (Å²) in [6.07, 6.45) is 66.4. The van der Waals surface area contributed by atoms with E-state index in [1.54, 1.807) is 0 Å². The van der Waals surface area contributed by atoms with Gasteiger partial charge in [0.15, 0.2) is 0 Å². The SMILES string of the molecule is CC1=C(/C=C/C(C)=C/C=C/C(C)=C/C=C/C=C(C)/C=C/C=C(C)/C=C/C2=C(C)CC(O)CC2(C)C)C(C)(C)CC(O)C1.CC1=CC(O)CC(C)(C)C1/C=C/C(C)=C/C=C/C(C)=C/C=C/C=C(C)/C=C/C=C(C)/C=C/C1=C(C)CC(O)CC1(C)C. The Hall–Kier alpha value is -5.88. The van der Waals surface area contributed by atoms with Crippen molar-refractivity contribution in [1.82, 2.24) is 0 Å². The van der Waals surface area contributed by atoms with Gasteiger partial charge in [-0.3, -0.25) is 0 Å². The Kier molecular flexibility index (Phi) is 29.6. The fraction of sp³-hybridized carbons (Fsp3) is 0.450. The molecule has 0 saturated carbocycles. The minimum absolute atomic E-state index is 0.00528. The Balaban J connectivity index is 0.000000440. The Morgan fingerprint density at radius 2 is 0.607 bits per heavy atom. The summed E-state index contributed by atoms with van der Waals surface area (Å²) < 4.78 is 0. The topological polar surface area (TPSA) is 80.9 Å². The highest BCUT2D eigenvalue weighted by Gasteiger charge is 2.35. The summed E-state index contributed by atoms with van der Waals surface area (Å²) in [5.41, 5.74) is 18.8. The Labute approximate surface area is 513 Å². The molecule has 4 heteroatoms. The highest BCUT2D eigenvalue weighted by Crippen LogP contribution is 2.44. The Bertz CT molecular complexity index is 2860. The van der Waals surface area contributed by atoms with Crippen molar-refractivity contribution in [2.45, 2.75) is 208 Å². The number of aliphatic hydroxyl groups excluding tert-OH is 4. The van der Waals surface area contributed by atoms with Gasteiger partial charge in [-0.05, 0) is 166 Å². The monoisotopic (exact) mass is 1140 g/mol. The lowest BCUT2D eigenvalue weighted by Gasteiger charge is -2.38. The summed E-state index contributed by atoms with van der Waals surface area (Å²) in [5, 5.41) is 40.4. The zero-order valence-corrected chi connectivity index (χ0v) is 55.9. The molecule has 0 spiro atoms. The average Bonchev–Trinajstić information content (AvgIpc) is 2.39. The van der Waals surface area contributed by atoms with Crippen molar-refractivity contribution >= 4 is 0 Å². The zero-order valence-electron chi connectivity index (χ0n) is 55.9. The van der Waals surface area contributed by atoms with Crippen LogP contribution < -0.4 is 0 Å². The van der Waals surface area contributed by atoms with E-state index in [4.69, 9.17) is 0 Å². The first-order valence-corrected chi connectivity index (χ1v) is 30.9. The predicted molar refractivity (Wildman–Crippen MR) is 368 cm³/mol. The molecular formula is C80H112O4. The summed E-state index contributed by atoms with van der Waals surface area (Å²) in [5.74, 6) is 0.348. The molecule has 5 unspecified atom stereocenters. The van der Waals surface area contributed by atoms with Gasteiger partial charge in [0.2, 0.25) is 0 Å². The van der Waals surface area contributed by atoms with Crippen LogP contribution in [0.5, 0.6) is 0 Å². The molecular weight excluding hydrogens is 1020 g/mol. The van der Waals surface area contributed by atoms with Gasteiger partial charge in [0.1, 0.15) is 0 Å². The third-order valence-electron chi connectivity index (χ3n) is 16.6. The van der Waals surface area contributed by atoms with Crippen LogP contribution in [0, 0.1) is 27.6 Å². The van der Waals surface area contributed by atoms with Crippen LogP contribution in [-0.4, -0.2) is 44.8 Å². The first kappa shape index (κ1) is 72.4. The molecule has 0 fully saturated rings. The molecule has 4 aliphatic rings. The van der Waals surface area contributed by atoms with Gasteiger partial charge in [0.25, 0.3) is 0 Å². The van der Waals surface area contributed by atoms with E-state index in [9.17, 15) is 20.4 Å². The smallest absolute Gasteiger partial charge is 0.0729 e. The van der Waals surface area contributed by atoms with Crippen molar-refractivity contribution in [2.24, 2.45) is 27.6 Å². The van der Waals surface area contributed by atoms with Gasteiger partial charge in [0, 0.05) is 5.92 Å². The van der Waals surface area contributed by atoms with Crippen LogP contribution in [0.2, 0.25) is 0 Å². The van der Waals surface area contributed by atoms with Crippen LogP contribution in [0.3, 0.4) is 0 Å². The maximum Gasteiger partial charge on any atom is 0.0729 e. The van der Waals surface area contributed by atoms with E-state index in [-0.39, 0.29) is 46.1 Å². The van der Waals surface area contributed by atoms with Crippen LogP contribution in [0.4, 0.5) is 0 Å². The minimum atomic E-state index is -0.331. The average molecular weight is 1140 g/mol.